The van der Waals surface area contributed by atoms with E-state index < -0.39 is 11.6 Å². The van der Waals surface area contributed by atoms with Gasteiger partial charge in [0.15, 0.2) is 0 Å². The highest BCUT2D eigenvalue weighted by atomic mass is 31.1. The Kier molecular flexibility index (Phi) is 5.65. The average Bonchev–Trinajstić information content (AvgIpc) is 2.48. The Hall–Kier alpha value is -1.47. The lowest BCUT2D eigenvalue weighted by atomic mass is 9.83. The third-order valence-electron chi connectivity index (χ3n) is 4.14. The summed E-state index contributed by atoms with van der Waals surface area (Å²) in [5.41, 5.74) is 2.67. The molecule has 2 aromatic carbocycles. The first-order chi connectivity index (χ1) is 11.1. The van der Waals surface area contributed by atoms with E-state index in [-0.39, 0.29) is 19.7 Å². The third kappa shape index (κ3) is 4.13. The Morgan fingerprint density at radius 3 is 2.33 bits per heavy atom. The predicted molar refractivity (Wildman–Crippen MR) is 98.9 cm³/mol. The number of aromatic hydroxyl groups is 1. The molecule has 0 saturated heterocycles. The van der Waals surface area contributed by atoms with Crippen LogP contribution in [0.2, 0.25) is 0 Å². The van der Waals surface area contributed by atoms with Crippen LogP contribution in [0.5, 0.6) is 5.75 Å². The van der Waals surface area contributed by atoms with Gasteiger partial charge in [0.05, 0.1) is 0 Å². The van der Waals surface area contributed by atoms with Crippen LogP contribution in [0.3, 0.4) is 0 Å². The summed E-state index contributed by atoms with van der Waals surface area (Å²) in [6.45, 7) is 10.2. The molecule has 0 aliphatic carbocycles. The molecule has 0 aliphatic rings. The molecule has 0 radical (unpaired) electrons. The predicted octanol–water partition coefficient (Wildman–Crippen LogP) is 5.73. The van der Waals surface area contributed by atoms with Gasteiger partial charge >= 0.3 is 0 Å². The Morgan fingerprint density at radius 2 is 1.79 bits per heavy atom. The summed E-state index contributed by atoms with van der Waals surface area (Å²) in [6, 6.07) is 7.70. The molecule has 0 spiro atoms. The van der Waals surface area contributed by atoms with Crippen molar-refractivity contribution in [3.63, 3.8) is 0 Å². The van der Waals surface area contributed by atoms with Gasteiger partial charge in [-0.1, -0.05) is 54.0 Å². The summed E-state index contributed by atoms with van der Waals surface area (Å²) < 4.78 is 27.1. The highest BCUT2D eigenvalue weighted by molar-refractivity contribution is 7.47. The number of benzene rings is 2. The largest absolute Gasteiger partial charge is 0.507 e. The van der Waals surface area contributed by atoms with Crippen molar-refractivity contribution < 1.29 is 13.9 Å². The van der Waals surface area contributed by atoms with Gasteiger partial charge in [-0.3, -0.25) is 0 Å². The van der Waals surface area contributed by atoms with Crippen molar-refractivity contribution in [3.8, 4) is 5.75 Å². The Bertz CT molecular complexity index is 735. The Balaban J connectivity index is 2.46. The smallest absolute Gasteiger partial charge is 0.133 e. The van der Waals surface area contributed by atoms with Crippen LogP contribution in [0.25, 0.3) is 0 Å². The first kappa shape index (κ1) is 18.9. The maximum absolute atomic E-state index is 14.0. The summed E-state index contributed by atoms with van der Waals surface area (Å²) >= 11 is 0. The molecule has 4 heteroatoms. The van der Waals surface area contributed by atoms with Crippen molar-refractivity contribution in [2.45, 2.75) is 52.1 Å². The molecular weight excluding hydrogens is 325 g/mol. The highest BCUT2D eigenvalue weighted by Gasteiger charge is 2.24. The Morgan fingerprint density at radius 1 is 1.12 bits per heavy atom. The molecule has 1 N–H and O–H groups in total. The molecule has 130 valence electrons. The van der Waals surface area contributed by atoms with E-state index in [1.54, 1.807) is 0 Å². The van der Waals surface area contributed by atoms with Crippen LogP contribution < -0.4 is 5.30 Å². The van der Waals surface area contributed by atoms with E-state index >= 15 is 0 Å². The molecule has 0 heterocycles. The topological polar surface area (TPSA) is 20.2 Å². The maximum Gasteiger partial charge on any atom is 0.133 e. The number of hydrogen-bond donors (Lipinski definition) is 1. The molecule has 24 heavy (non-hydrogen) atoms. The normalized spacial score (nSPS) is 13.6. The summed E-state index contributed by atoms with van der Waals surface area (Å²) in [6.07, 6.45) is 0.774. The number of halogens is 2. The van der Waals surface area contributed by atoms with E-state index in [0.717, 1.165) is 29.2 Å². The number of aryl methyl sites for hydroxylation is 1. The van der Waals surface area contributed by atoms with E-state index in [1.807, 2.05) is 26.0 Å². The second-order valence-electron chi connectivity index (χ2n) is 7.23. The van der Waals surface area contributed by atoms with Gasteiger partial charge in [0.25, 0.3) is 0 Å². The minimum atomic E-state index is -0.567. The van der Waals surface area contributed by atoms with Crippen LogP contribution in [-0.2, 0) is 5.41 Å². The van der Waals surface area contributed by atoms with Crippen LogP contribution in [-0.4, -0.2) is 5.11 Å². The van der Waals surface area contributed by atoms with Crippen molar-refractivity contribution >= 4 is 13.9 Å². The van der Waals surface area contributed by atoms with Gasteiger partial charge in [-0.15, -0.1) is 0 Å². The number of hydrogen-bond acceptors (Lipinski definition) is 1. The van der Waals surface area contributed by atoms with E-state index in [4.69, 9.17) is 0 Å². The lowest BCUT2D eigenvalue weighted by Crippen LogP contribution is -2.13. The fourth-order valence-electron chi connectivity index (χ4n) is 2.84. The maximum atomic E-state index is 14.0. The average molecular weight is 350 g/mol. The van der Waals surface area contributed by atoms with Gasteiger partial charge in [-0.2, -0.15) is 0 Å². The monoisotopic (exact) mass is 350 g/mol. The zero-order chi connectivity index (χ0) is 18.1. The molecule has 2 atom stereocenters. The van der Waals surface area contributed by atoms with Crippen molar-refractivity contribution in [3.05, 3.63) is 58.7 Å². The van der Waals surface area contributed by atoms with Gasteiger partial charge in [-0.25, -0.2) is 8.78 Å². The quantitative estimate of drug-likeness (QED) is 0.698. The molecule has 2 unspecified atom stereocenters. The molecule has 0 saturated carbocycles. The van der Waals surface area contributed by atoms with Gasteiger partial charge in [0.2, 0.25) is 0 Å². The van der Waals surface area contributed by atoms with Crippen LogP contribution >= 0.6 is 8.58 Å². The molecule has 0 aliphatic heterocycles. The second kappa shape index (κ2) is 7.19. The van der Waals surface area contributed by atoms with Crippen LogP contribution in [0.4, 0.5) is 8.78 Å². The first-order valence-electron chi connectivity index (χ1n) is 8.19. The zero-order valence-corrected chi connectivity index (χ0v) is 15.9. The van der Waals surface area contributed by atoms with E-state index in [2.05, 4.69) is 20.8 Å². The van der Waals surface area contributed by atoms with Crippen molar-refractivity contribution in [2.75, 3.05) is 0 Å². The summed E-state index contributed by atoms with van der Waals surface area (Å²) in [5.74, 6) is -0.785. The molecule has 2 aromatic rings. The highest BCUT2D eigenvalue weighted by Crippen LogP contribution is 2.45. The molecule has 0 aromatic heterocycles. The van der Waals surface area contributed by atoms with E-state index in [1.165, 1.54) is 12.1 Å². The molecule has 0 amide bonds. The van der Waals surface area contributed by atoms with Crippen molar-refractivity contribution in [1.29, 1.82) is 0 Å². The number of phenolic OH excluding ortho intramolecular Hbond substituents is 1. The number of rotatable bonds is 4. The van der Waals surface area contributed by atoms with Crippen LogP contribution in [0.15, 0.2) is 30.3 Å². The van der Waals surface area contributed by atoms with E-state index in [0.29, 0.717) is 11.1 Å². The summed E-state index contributed by atoms with van der Waals surface area (Å²) in [4.78, 5) is 0. The third-order valence-corrected chi connectivity index (χ3v) is 5.92. The lowest BCUT2D eigenvalue weighted by Gasteiger charge is -2.26. The molecular formula is C20H25F2OP. The Labute approximate surface area is 144 Å². The SMILES string of the molecule is CCC(Pc1ccc(F)cc1F)c1cc(C)cc(C(C)(C)C)c1O. The lowest BCUT2D eigenvalue weighted by molar-refractivity contribution is 0.439. The van der Waals surface area contributed by atoms with E-state index in [9.17, 15) is 13.9 Å². The summed E-state index contributed by atoms with van der Waals surface area (Å²) in [7, 11) is 0.139. The van der Waals surface area contributed by atoms with Crippen molar-refractivity contribution in [2.24, 2.45) is 0 Å². The first-order valence-corrected chi connectivity index (χ1v) is 9.26. The van der Waals surface area contributed by atoms with Gasteiger partial charge < -0.3 is 5.11 Å². The molecule has 0 fully saturated rings. The van der Waals surface area contributed by atoms with Gasteiger partial charge in [-0.05, 0) is 36.5 Å². The summed E-state index contributed by atoms with van der Waals surface area (Å²) in [5, 5.41) is 11.3. The van der Waals surface area contributed by atoms with Crippen LogP contribution in [0.1, 0.15) is 56.5 Å². The van der Waals surface area contributed by atoms with Crippen molar-refractivity contribution in [1.82, 2.24) is 0 Å². The van der Waals surface area contributed by atoms with Gasteiger partial charge in [0.1, 0.15) is 17.4 Å². The minimum Gasteiger partial charge on any atom is -0.507 e. The van der Waals surface area contributed by atoms with Gasteiger partial charge in [0, 0.05) is 22.6 Å². The molecule has 0 bridgehead atoms. The number of phenols is 1. The molecule has 2 rings (SSSR count). The zero-order valence-electron chi connectivity index (χ0n) is 14.9. The fourth-order valence-corrected chi connectivity index (χ4v) is 4.18. The standard InChI is InChI=1S/C20H25F2OP/c1-6-17(24-18-8-7-13(21)11-16(18)22)14-9-12(2)10-15(19(14)23)20(3,4)5/h7-11,17,23-24H,6H2,1-5H3. The minimum absolute atomic E-state index is 0.00552. The fraction of sp³-hybridized carbons (Fsp3) is 0.400. The van der Waals surface area contributed by atoms with Crippen LogP contribution in [0, 0.1) is 18.6 Å². The second-order valence-corrected chi connectivity index (χ2v) is 8.75. The molecule has 1 nitrogen and oxygen atoms in total.